The maximum Gasteiger partial charge on any atom is 0.328 e. The largest absolute Gasteiger partial charge is 0.493 e. The van der Waals surface area contributed by atoms with Gasteiger partial charge in [-0.25, -0.2) is 4.79 Å². The second-order valence-corrected chi connectivity index (χ2v) is 9.78. The van der Waals surface area contributed by atoms with Crippen molar-refractivity contribution in [3.63, 3.8) is 0 Å². The van der Waals surface area contributed by atoms with Crippen molar-refractivity contribution in [1.82, 2.24) is 19.4 Å². The molecule has 164 valence electrons. The minimum absolute atomic E-state index is 0.215. The number of fused-ring (bicyclic) bond motifs is 6. The van der Waals surface area contributed by atoms with E-state index in [9.17, 15) is 9.59 Å². The Kier molecular flexibility index (Phi) is 4.84. The van der Waals surface area contributed by atoms with Crippen LogP contribution in [0, 0.1) is 5.92 Å². The van der Waals surface area contributed by atoms with Gasteiger partial charge in [-0.2, -0.15) is 0 Å². The van der Waals surface area contributed by atoms with Crippen molar-refractivity contribution in [2.45, 2.75) is 25.3 Å². The van der Waals surface area contributed by atoms with E-state index in [-0.39, 0.29) is 11.2 Å². The summed E-state index contributed by atoms with van der Waals surface area (Å²) in [5.41, 5.74) is 2.01. The molecular formula is C24H24N4O3S. The van der Waals surface area contributed by atoms with Crippen molar-refractivity contribution >= 4 is 31.8 Å². The molecule has 0 radical (unpaired) electrons. The quantitative estimate of drug-likeness (QED) is 0.475. The molecule has 2 aliphatic heterocycles. The first kappa shape index (κ1) is 19.7. The van der Waals surface area contributed by atoms with E-state index in [2.05, 4.69) is 33.1 Å². The number of aromatic amines is 1. The van der Waals surface area contributed by atoms with Crippen LogP contribution in [0.1, 0.15) is 24.3 Å². The summed E-state index contributed by atoms with van der Waals surface area (Å²) >= 11 is 1.39. The van der Waals surface area contributed by atoms with Crippen molar-refractivity contribution in [1.29, 1.82) is 0 Å². The Balaban J connectivity index is 1.12. The van der Waals surface area contributed by atoms with Crippen LogP contribution in [0.4, 0.5) is 0 Å². The summed E-state index contributed by atoms with van der Waals surface area (Å²) < 4.78 is 8.77. The first-order valence-electron chi connectivity index (χ1n) is 11.1. The molecule has 0 saturated carbocycles. The maximum absolute atomic E-state index is 13.0. The highest BCUT2D eigenvalue weighted by molar-refractivity contribution is 7.25. The molecule has 32 heavy (non-hydrogen) atoms. The van der Waals surface area contributed by atoms with Crippen molar-refractivity contribution in [2.75, 3.05) is 26.2 Å². The second-order valence-electron chi connectivity index (χ2n) is 8.73. The number of thiophene rings is 1. The highest BCUT2D eigenvalue weighted by Gasteiger charge is 2.38. The summed E-state index contributed by atoms with van der Waals surface area (Å²) in [6.45, 7) is 4.27. The smallest absolute Gasteiger partial charge is 0.328 e. The Morgan fingerprint density at radius 2 is 1.97 bits per heavy atom. The van der Waals surface area contributed by atoms with Gasteiger partial charge in [-0.3, -0.25) is 14.3 Å². The van der Waals surface area contributed by atoms with E-state index in [1.165, 1.54) is 21.5 Å². The summed E-state index contributed by atoms with van der Waals surface area (Å²) in [7, 11) is 0. The molecule has 0 aliphatic carbocycles. The summed E-state index contributed by atoms with van der Waals surface area (Å²) in [5, 5.41) is 0. The zero-order valence-electron chi connectivity index (χ0n) is 17.6. The fourth-order valence-electron chi connectivity index (χ4n) is 5.17. The molecule has 1 N–H and O–H groups in total. The Bertz CT molecular complexity index is 1420. The van der Waals surface area contributed by atoms with Crippen molar-refractivity contribution in [3.8, 4) is 5.75 Å². The minimum Gasteiger partial charge on any atom is -0.493 e. The number of nitrogens with zero attached hydrogens (tertiary/aromatic N) is 3. The number of pyridine rings is 1. The molecule has 1 fully saturated rings. The van der Waals surface area contributed by atoms with Crippen LogP contribution in [0.2, 0.25) is 0 Å². The lowest BCUT2D eigenvalue weighted by atomic mass is 9.87. The summed E-state index contributed by atoms with van der Waals surface area (Å²) in [5.74, 6) is 2.11. The van der Waals surface area contributed by atoms with Gasteiger partial charge >= 0.3 is 5.69 Å². The number of H-pyrrole nitrogens is 1. The van der Waals surface area contributed by atoms with E-state index in [4.69, 9.17) is 4.74 Å². The van der Waals surface area contributed by atoms with Gasteiger partial charge in [0.05, 0.1) is 16.8 Å². The predicted molar refractivity (Wildman–Crippen MR) is 126 cm³/mol. The van der Waals surface area contributed by atoms with Gasteiger partial charge in [0.1, 0.15) is 16.0 Å². The monoisotopic (exact) mass is 448 g/mol. The molecule has 7 nitrogen and oxygen atoms in total. The Labute approximate surface area is 188 Å². The summed E-state index contributed by atoms with van der Waals surface area (Å²) in [6.07, 6.45) is 3.41. The third-order valence-electron chi connectivity index (χ3n) is 6.76. The fourth-order valence-corrected chi connectivity index (χ4v) is 6.24. The van der Waals surface area contributed by atoms with E-state index in [0.29, 0.717) is 34.1 Å². The maximum atomic E-state index is 13.0. The van der Waals surface area contributed by atoms with Crippen LogP contribution in [-0.4, -0.2) is 45.7 Å². The molecule has 5 heterocycles. The molecule has 0 spiro atoms. The highest BCUT2D eigenvalue weighted by atomic mass is 32.1. The van der Waals surface area contributed by atoms with Crippen molar-refractivity contribution in [3.05, 3.63) is 69.0 Å². The molecule has 1 aromatic carbocycles. The van der Waals surface area contributed by atoms with Gasteiger partial charge in [0.25, 0.3) is 5.56 Å². The first-order chi connectivity index (χ1) is 15.7. The summed E-state index contributed by atoms with van der Waals surface area (Å²) in [4.78, 5) is 35.2. The van der Waals surface area contributed by atoms with Crippen LogP contribution in [0.25, 0.3) is 20.4 Å². The third kappa shape index (κ3) is 3.25. The SMILES string of the molecule is O=c1[nH]c2c(sc3cccnc32)c(=O)n1CCCCN1C[C@@H]2COc3ccccc3[C@@H]2C1. The number of benzene rings is 1. The zero-order chi connectivity index (χ0) is 21.7. The fraction of sp³-hybridized carbons (Fsp3) is 0.375. The average Bonchev–Trinajstić information content (AvgIpc) is 3.40. The van der Waals surface area contributed by atoms with E-state index >= 15 is 0 Å². The molecule has 3 aromatic heterocycles. The van der Waals surface area contributed by atoms with E-state index < -0.39 is 0 Å². The zero-order valence-corrected chi connectivity index (χ0v) is 18.4. The van der Waals surface area contributed by atoms with Crippen molar-refractivity contribution in [2.24, 2.45) is 5.92 Å². The second kappa shape index (κ2) is 7.86. The predicted octanol–water partition coefficient (Wildman–Crippen LogP) is 3.19. The molecule has 8 heteroatoms. The average molecular weight is 449 g/mol. The normalized spacial score (nSPS) is 20.4. The van der Waals surface area contributed by atoms with Crippen LogP contribution in [-0.2, 0) is 6.54 Å². The number of unbranched alkanes of at least 4 members (excludes halogenated alkanes) is 1. The first-order valence-corrected chi connectivity index (χ1v) is 11.9. The van der Waals surface area contributed by atoms with Crippen LogP contribution in [0.15, 0.2) is 52.2 Å². The highest BCUT2D eigenvalue weighted by Crippen LogP contribution is 2.41. The molecule has 0 unspecified atom stereocenters. The molecule has 2 aliphatic rings. The number of hydrogen-bond acceptors (Lipinski definition) is 6. The molecule has 0 amide bonds. The molecule has 4 aromatic rings. The van der Waals surface area contributed by atoms with Gasteiger partial charge in [0.15, 0.2) is 0 Å². The molecule has 6 rings (SSSR count). The molecular weight excluding hydrogens is 424 g/mol. The number of nitrogens with one attached hydrogen (secondary N) is 1. The third-order valence-corrected chi connectivity index (χ3v) is 7.89. The molecule has 1 saturated heterocycles. The Morgan fingerprint density at radius 1 is 1.09 bits per heavy atom. The number of para-hydroxylation sites is 1. The van der Waals surface area contributed by atoms with E-state index in [1.54, 1.807) is 6.20 Å². The van der Waals surface area contributed by atoms with Crippen LogP contribution in [0.5, 0.6) is 5.75 Å². The number of ether oxygens (including phenoxy) is 1. The lowest BCUT2D eigenvalue weighted by Crippen LogP contribution is -2.34. The Morgan fingerprint density at radius 3 is 2.91 bits per heavy atom. The lowest BCUT2D eigenvalue weighted by molar-refractivity contribution is 0.212. The van der Waals surface area contributed by atoms with Crippen molar-refractivity contribution < 1.29 is 4.74 Å². The van der Waals surface area contributed by atoms with Crippen LogP contribution < -0.4 is 16.0 Å². The van der Waals surface area contributed by atoms with Gasteiger partial charge in [0.2, 0.25) is 0 Å². The number of likely N-dealkylation sites (tertiary alicyclic amines) is 1. The Hall–Kier alpha value is -2.97. The van der Waals surface area contributed by atoms with Gasteiger partial charge in [-0.05, 0) is 43.1 Å². The number of hydrogen-bond donors (Lipinski definition) is 1. The topological polar surface area (TPSA) is 80.2 Å². The molecule has 2 atom stereocenters. The van der Waals surface area contributed by atoms with Gasteiger partial charge in [0, 0.05) is 37.7 Å². The number of aromatic nitrogens is 3. The van der Waals surface area contributed by atoms with Gasteiger partial charge < -0.3 is 14.6 Å². The van der Waals surface area contributed by atoms with Gasteiger partial charge in [-0.1, -0.05) is 18.2 Å². The molecule has 0 bridgehead atoms. The van der Waals surface area contributed by atoms with Crippen LogP contribution in [0.3, 0.4) is 0 Å². The van der Waals surface area contributed by atoms with E-state index in [1.807, 2.05) is 18.2 Å². The summed E-state index contributed by atoms with van der Waals surface area (Å²) in [6, 6.07) is 12.1. The number of rotatable bonds is 5. The lowest BCUT2D eigenvalue weighted by Gasteiger charge is -2.27. The minimum atomic E-state index is -0.353. The van der Waals surface area contributed by atoms with E-state index in [0.717, 1.165) is 49.5 Å². The van der Waals surface area contributed by atoms with Gasteiger partial charge in [-0.15, -0.1) is 11.3 Å². The standard InChI is InChI=1S/C24H24N4O3S/c29-23-22-21(20-19(32-22)8-5-9-25-20)26-24(30)28(23)11-4-3-10-27-12-15-14-31-18-7-2-1-6-16(18)17(15)13-27/h1-2,5-9,15,17H,3-4,10-14H2,(H,26,30)/t15-,17-/m1/s1. The van der Waals surface area contributed by atoms with Crippen LogP contribution >= 0.6 is 11.3 Å².